The molecular formula is C15H19ClN2O2S. The van der Waals surface area contributed by atoms with Crippen LogP contribution in [-0.2, 0) is 9.59 Å². The molecule has 0 spiro atoms. The van der Waals surface area contributed by atoms with Crippen LogP contribution in [0, 0.1) is 0 Å². The number of imide groups is 1. The predicted octanol–water partition coefficient (Wildman–Crippen LogP) is 3.33. The molecule has 0 aromatic heterocycles. The maximum atomic E-state index is 12.5. The Kier molecular flexibility index (Phi) is 5.17. The van der Waals surface area contributed by atoms with E-state index in [1.54, 1.807) is 18.2 Å². The zero-order chi connectivity index (χ0) is 15.6. The van der Waals surface area contributed by atoms with Crippen LogP contribution in [0.3, 0.4) is 0 Å². The topological polar surface area (TPSA) is 63.4 Å². The number of carbonyl (C=O) groups excluding carboxylic acids is 2. The van der Waals surface area contributed by atoms with Gasteiger partial charge in [-0.25, -0.2) is 0 Å². The Hall–Kier alpha value is -1.20. The van der Waals surface area contributed by atoms with Crippen molar-refractivity contribution in [1.29, 1.82) is 0 Å². The SMILES string of the molecule is CCC(CC)N1C(=O)CC(Sc2cc(Cl)ccc2N)C1=O. The van der Waals surface area contributed by atoms with Crippen LogP contribution in [0.2, 0.25) is 5.02 Å². The van der Waals surface area contributed by atoms with E-state index in [2.05, 4.69) is 0 Å². The van der Waals surface area contributed by atoms with E-state index in [9.17, 15) is 9.59 Å². The van der Waals surface area contributed by atoms with Crippen LogP contribution in [0.25, 0.3) is 0 Å². The molecule has 2 N–H and O–H groups in total. The number of anilines is 1. The molecule has 114 valence electrons. The van der Waals surface area contributed by atoms with Gasteiger partial charge in [-0.3, -0.25) is 14.5 Å². The van der Waals surface area contributed by atoms with Crippen LogP contribution in [0.1, 0.15) is 33.1 Å². The number of likely N-dealkylation sites (tertiary alicyclic amines) is 1. The molecule has 0 aliphatic carbocycles. The minimum Gasteiger partial charge on any atom is -0.398 e. The van der Waals surface area contributed by atoms with Crippen molar-refractivity contribution in [1.82, 2.24) is 4.90 Å². The number of amides is 2. The van der Waals surface area contributed by atoms with Gasteiger partial charge >= 0.3 is 0 Å². The van der Waals surface area contributed by atoms with E-state index in [1.807, 2.05) is 13.8 Å². The molecule has 1 aliphatic rings. The van der Waals surface area contributed by atoms with Gasteiger partial charge in [-0.2, -0.15) is 0 Å². The van der Waals surface area contributed by atoms with Crippen LogP contribution in [-0.4, -0.2) is 28.0 Å². The first-order chi connectivity index (χ1) is 9.97. The molecule has 1 unspecified atom stereocenters. The number of rotatable bonds is 5. The number of nitrogens with zero attached hydrogens (tertiary/aromatic N) is 1. The Morgan fingerprint density at radius 1 is 1.38 bits per heavy atom. The Labute approximate surface area is 134 Å². The summed E-state index contributed by atoms with van der Waals surface area (Å²) in [5.41, 5.74) is 6.48. The lowest BCUT2D eigenvalue weighted by Crippen LogP contribution is -2.40. The minimum atomic E-state index is -0.404. The molecule has 1 aromatic rings. The molecule has 1 aliphatic heterocycles. The number of benzene rings is 1. The molecule has 21 heavy (non-hydrogen) atoms. The minimum absolute atomic E-state index is 0.00712. The largest absolute Gasteiger partial charge is 0.398 e. The van der Waals surface area contributed by atoms with Gasteiger partial charge in [-0.15, -0.1) is 11.8 Å². The van der Waals surface area contributed by atoms with E-state index in [0.29, 0.717) is 10.7 Å². The molecular weight excluding hydrogens is 308 g/mol. The van der Waals surface area contributed by atoms with Crippen LogP contribution in [0.5, 0.6) is 0 Å². The second-order valence-corrected chi connectivity index (χ2v) is 6.75. The molecule has 1 fully saturated rings. The van der Waals surface area contributed by atoms with Crippen LogP contribution in [0.4, 0.5) is 5.69 Å². The Balaban J connectivity index is 2.17. The normalized spacial score (nSPS) is 18.9. The second-order valence-electron chi connectivity index (χ2n) is 5.07. The van der Waals surface area contributed by atoms with Crippen molar-refractivity contribution in [3.63, 3.8) is 0 Å². The summed E-state index contributed by atoms with van der Waals surface area (Å²) in [5, 5.41) is 0.166. The zero-order valence-corrected chi connectivity index (χ0v) is 13.7. The van der Waals surface area contributed by atoms with Crippen molar-refractivity contribution in [2.24, 2.45) is 0 Å². The monoisotopic (exact) mass is 326 g/mol. The van der Waals surface area contributed by atoms with E-state index in [4.69, 9.17) is 17.3 Å². The summed E-state index contributed by atoms with van der Waals surface area (Å²) < 4.78 is 0. The van der Waals surface area contributed by atoms with Crippen molar-refractivity contribution in [2.45, 2.75) is 49.3 Å². The highest BCUT2D eigenvalue weighted by molar-refractivity contribution is 8.00. The number of nitrogens with two attached hydrogens (primary N) is 1. The van der Waals surface area contributed by atoms with E-state index >= 15 is 0 Å². The fourth-order valence-electron chi connectivity index (χ4n) is 2.52. The van der Waals surface area contributed by atoms with Gasteiger partial charge in [0.1, 0.15) is 0 Å². The lowest BCUT2D eigenvalue weighted by atomic mass is 10.1. The highest BCUT2D eigenvalue weighted by Gasteiger charge is 2.41. The van der Waals surface area contributed by atoms with E-state index in [1.165, 1.54) is 16.7 Å². The Bertz CT molecular complexity index is 561. The summed E-state index contributed by atoms with van der Waals surface area (Å²) in [5.74, 6) is -0.204. The summed E-state index contributed by atoms with van der Waals surface area (Å²) in [7, 11) is 0. The zero-order valence-electron chi connectivity index (χ0n) is 12.1. The Morgan fingerprint density at radius 3 is 2.67 bits per heavy atom. The number of nitrogen functional groups attached to an aromatic ring is 1. The number of carbonyl (C=O) groups is 2. The molecule has 0 bridgehead atoms. The number of halogens is 1. The van der Waals surface area contributed by atoms with E-state index < -0.39 is 5.25 Å². The van der Waals surface area contributed by atoms with E-state index in [-0.39, 0.29) is 24.3 Å². The number of hydrogen-bond acceptors (Lipinski definition) is 4. The van der Waals surface area contributed by atoms with Crippen molar-refractivity contribution >= 4 is 40.9 Å². The van der Waals surface area contributed by atoms with Gasteiger partial charge in [0.2, 0.25) is 11.8 Å². The van der Waals surface area contributed by atoms with Crippen LogP contribution >= 0.6 is 23.4 Å². The molecule has 2 amide bonds. The molecule has 6 heteroatoms. The van der Waals surface area contributed by atoms with Crippen LogP contribution in [0.15, 0.2) is 23.1 Å². The van der Waals surface area contributed by atoms with Crippen molar-refractivity contribution in [3.8, 4) is 0 Å². The molecule has 1 atom stereocenters. The van der Waals surface area contributed by atoms with Gasteiger partial charge in [0.25, 0.3) is 0 Å². The maximum Gasteiger partial charge on any atom is 0.243 e. The summed E-state index contributed by atoms with van der Waals surface area (Å²) in [6.45, 7) is 3.98. The second kappa shape index (κ2) is 6.71. The number of thioether (sulfide) groups is 1. The standard InChI is InChI=1S/C15H19ClN2O2S/c1-3-10(4-2)18-14(19)8-13(15(18)20)21-12-7-9(16)5-6-11(12)17/h5-7,10,13H,3-4,8,17H2,1-2H3. The lowest BCUT2D eigenvalue weighted by Gasteiger charge is -2.24. The lowest BCUT2D eigenvalue weighted by molar-refractivity contribution is -0.141. The number of hydrogen-bond donors (Lipinski definition) is 1. The quantitative estimate of drug-likeness (QED) is 0.666. The van der Waals surface area contributed by atoms with Gasteiger partial charge in [-0.1, -0.05) is 25.4 Å². The first-order valence-corrected chi connectivity index (χ1v) is 8.31. The highest BCUT2D eigenvalue weighted by Crippen LogP contribution is 2.37. The van der Waals surface area contributed by atoms with Gasteiger partial charge in [-0.05, 0) is 31.0 Å². The predicted molar refractivity (Wildman–Crippen MR) is 86.3 cm³/mol. The summed E-state index contributed by atoms with van der Waals surface area (Å²) in [6.07, 6.45) is 1.79. The summed E-state index contributed by atoms with van der Waals surface area (Å²) >= 11 is 7.28. The third-order valence-electron chi connectivity index (χ3n) is 3.69. The third kappa shape index (κ3) is 3.35. The van der Waals surface area contributed by atoms with Gasteiger partial charge in [0, 0.05) is 28.1 Å². The fraction of sp³-hybridized carbons (Fsp3) is 0.467. The molecule has 0 radical (unpaired) electrons. The van der Waals surface area contributed by atoms with Gasteiger partial charge in [0.05, 0.1) is 5.25 Å². The third-order valence-corrected chi connectivity index (χ3v) is 5.19. The van der Waals surface area contributed by atoms with Gasteiger partial charge < -0.3 is 5.73 Å². The molecule has 1 saturated heterocycles. The van der Waals surface area contributed by atoms with Crippen molar-refractivity contribution in [2.75, 3.05) is 5.73 Å². The van der Waals surface area contributed by atoms with E-state index in [0.717, 1.165) is 17.7 Å². The van der Waals surface area contributed by atoms with Gasteiger partial charge in [0.15, 0.2) is 0 Å². The molecule has 4 nitrogen and oxygen atoms in total. The maximum absolute atomic E-state index is 12.5. The Morgan fingerprint density at radius 2 is 2.05 bits per heavy atom. The molecule has 1 aromatic carbocycles. The van der Waals surface area contributed by atoms with Crippen molar-refractivity contribution < 1.29 is 9.59 Å². The average Bonchev–Trinajstić information content (AvgIpc) is 2.72. The summed E-state index contributed by atoms with van der Waals surface area (Å²) in [6, 6.07) is 5.15. The van der Waals surface area contributed by atoms with Crippen LogP contribution < -0.4 is 5.73 Å². The molecule has 0 saturated carbocycles. The molecule has 2 rings (SSSR count). The summed E-state index contributed by atoms with van der Waals surface area (Å²) in [4.78, 5) is 26.8. The fourth-order valence-corrected chi connectivity index (χ4v) is 3.90. The highest BCUT2D eigenvalue weighted by atomic mass is 35.5. The average molecular weight is 327 g/mol. The molecule has 1 heterocycles. The first kappa shape index (κ1) is 16.2. The van der Waals surface area contributed by atoms with Crippen molar-refractivity contribution in [3.05, 3.63) is 23.2 Å². The smallest absolute Gasteiger partial charge is 0.243 e. The first-order valence-electron chi connectivity index (χ1n) is 7.05.